The van der Waals surface area contributed by atoms with E-state index >= 15 is 0 Å². The van der Waals surface area contributed by atoms with Crippen molar-refractivity contribution in [1.29, 1.82) is 0 Å². The summed E-state index contributed by atoms with van der Waals surface area (Å²) in [6.45, 7) is 3.82. The SMILES string of the molecule is CCCCN(C)C(=O)c1nc(C(=O)NCc2ccco2)c2n1CCCC2. The lowest BCUT2D eigenvalue weighted by Crippen LogP contribution is -2.31. The van der Waals surface area contributed by atoms with Crippen LogP contribution in [0.15, 0.2) is 22.8 Å². The summed E-state index contributed by atoms with van der Waals surface area (Å²) in [4.78, 5) is 31.6. The maximum Gasteiger partial charge on any atom is 0.289 e. The number of nitrogens with zero attached hydrogens (tertiary/aromatic N) is 3. The Morgan fingerprint density at radius 1 is 1.38 bits per heavy atom. The first-order chi connectivity index (χ1) is 12.6. The van der Waals surface area contributed by atoms with Crippen molar-refractivity contribution in [3.63, 3.8) is 0 Å². The molecule has 2 aromatic heterocycles. The van der Waals surface area contributed by atoms with Crippen LogP contribution >= 0.6 is 0 Å². The molecule has 1 aliphatic rings. The fourth-order valence-electron chi connectivity index (χ4n) is 3.22. The number of carbonyl (C=O) groups excluding carboxylic acids is 2. The van der Waals surface area contributed by atoms with Crippen molar-refractivity contribution in [1.82, 2.24) is 19.8 Å². The number of rotatable bonds is 7. The van der Waals surface area contributed by atoms with E-state index in [1.165, 1.54) is 0 Å². The molecule has 0 unspecified atom stereocenters. The highest BCUT2D eigenvalue weighted by atomic mass is 16.3. The molecule has 3 heterocycles. The van der Waals surface area contributed by atoms with Crippen LogP contribution in [-0.2, 0) is 19.5 Å². The second kappa shape index (κ2) is 8.21. The van der Waals surface area contributed by atoms with Gasteiger partial charge < -0.3 is 19.2 Å². The molecule has 0 radical (unpaired) electrons. The first-order valence-electron chi connectivity index (χ1n) is 9.27. The largest absolute Gasteiger partial charge is 0.467 e. The highest BCUT2D eigenvalue weighted by Crippen LogP contribution is 2.22. The number of aromatic nitrogens is 2. The summed E-state index contributed by atoms with van der Waals surface area (Å²) in [5.41, 5.74) is 1.23. The third-order valence-electron chi connectivity index (χ3n) is 4.72. The van der Waals surface area contributed by atoms with Crippen LogP contribution in [0.25, 0.3) is 0 Å². The molecule has 7 nitrogen and oxygen atoms in total. The Balaban J connectivity index is 1.81. The molecule has 0 saturated carbocycles. The highest BCUT2D eigenvalue weighted by Gasteiger charge is 2.28. The Bertz CT molecular complexity index is 764. The molecule has 2 amide bonds. The van der Waals surface area contributed by atoms with Crippen LogP contribution in [0, 0.1) is 0 Å². The maximum atomic E-state index is 12.8. The van der Waals surface area contributed by atoms with Gasteiger partial charge in [0.25, 0.3) is 11.8 Å². The fraction of sp³-hybridized carbons (Fsp3) is 0.526. The lowest BCUT2D eigenvalue weighted by Gasteiger charge is -2.20. The molecule has 2 aromatic rings. The minimum absolute atomic E-state index is 0.119. The molecule has 0 spiro atoms. The van der Waals surface area contributed by atoms with Gasteiger partial charge >= 0.3 is 0 Å². The van der Waals surface area contributed by atoms with E-state index < -0.39 is 0 Å². The van der Waals surface area contributed by atoms with Gasteiger partial charge in [0, 0.05) is 20.1 Å². The Morgan fingerprint density at radius 3 is 2.96 bits per heavy atom. The monoisotopic (exact) mass is 358 g/mol. The molecule has 3 rings (SSSR count). The minimum Gasteiger partial charge on any atom is -0.467 e. The Kier molecular flexibility index (Phi) is 5.75. The second-order valence-corrected chi connectivity index (χ2v) is 6.68. The van der Waals surface area contributed by atoms with Crippen LogP contribution in [0.4, 0.5) is 0 Å². The van der Waals surface area contributed by atoms with Crippen molar-refractivity contribution in [2.45, 2.75) is 52.1 Å². The van der Waals surface area contributed by atoms with E-state index in [4.69, 9.17) is 4.42 Å². The molecule has 1 aliphatic heterocycles. The molecule has 26 heavy (non-hydrogen) atoms. The number of furan rings is 1. The molecule has 0 aliphatic carbocycles. The predicted molar refractivity (Wildman–Crippen MR) is 96.9 cm³/mol. The van der Waals surface area contributed by atoms with Crippen molar-refractivity contribution in [2.24, 2.45) is 0 Å². The normalized spacial score (nSPS) is 13.3. The summed E-state index contributed by atoms with van der Waals surface area (Å²) in [5, 5.41) is 2.83. The lowest BCUT2D eigenvalue weighted by atomic mass is 10.1. The third-order valence-corrected chi connectivity index (χ3v) is 4.72. The number of hydrogen-bond donors (Lipinski definition) is 1. The zero-order valence-electron chi connectivity index (χ0n) is 15.5. The Morgan fingerprint density at radius 2 is 2.23 bits per heavy atom. The van der Waals surface area contributed by atoms with Crippen LogP contribution in [0.5, 0.6) is 0 Å². The first kappa shape index (κ1) is 18.2. The van der Waals surface area contributed by atoms with Gasteiger partial charge in [-0.15, -0.1) is 0 Å². The topological polar surface area (TPSA) is 80.4 Å². The zero-order valence-corrected chi connectivity index (χ0v) is 15.5. The number of fused-ring (bicyclic) bond motifs is 1. The van der Waals surface area contributed by atoms with Gasteiger partial charge in [0.05, 0.1) is 18.5 Å². The highest BCUT2D eigenvalue weighted by molar-refractivity contribution is 5.97. The van der Waals surface area contributed by atoms with E-state index in [-0.39, 0.29) is 11.8 Å². The van der Waals surface area contributed by atoms with Crippen molar-refractivity contribution < 1.29 is 14.0 Å². The van der Waals surface area contributed by atoms with E-state index in [1.807, 2.05) is 4.57 Å². The minimum atomic E-state index is -0.262. The Labute approximate surface area is 153 Å². The van der Waals surface area contributed by atoms with Crippen LogP contribution < -0.4 is 5.32 Å². The van der Waals surface area contributed by atoms with E-state index in [1.54, 1.807) is 30.3 Å². The lowest BCUT2D eigenvalue weighted by molar-refractivity contribution is 0.0775. The maximum absolute atomic E-state index is 12.8. The van der Waals surface area contributed by atoms with E-state index in [0.29, 0.717) is 30.4 Å². The van der Waals surface area contributed by atoms with Crippen molar-refractivity contribution in [2.75, 3.05) is 13.6 Å². The average molecular weight is 358 g/mol. The van der Waals surface area contributed by atoms with Crippen molar-refractivity contribution in [3.8, 4) is 0 Å². The molecule has 0 atom stereocenters. The summed E-state index contributed by atoms with van der Waals surface area (Å²) >= 11 is 0. The molecule has 140 valence electrons. The number of nitrogens with one attached hydrogen (secondary N) is 1. The smallest absolute Gasteiger partial charge is 0.289 e. The van der Waals surface area contributed by atoms with Gasteiger partial charge in [-0.3, -0.25) is 9.59 Å². The summed E-state index contributed by atoms with van der Waals surface area (Å²) in [6, 6.07) is 3.59. The van der Waals surface area contributed by atoms with Gasteiger partial charge in [-0.2, -0.15) is 0 Å². The molecule has 0 aromatic carbocycles. The quantitative estimate of drug-likeness (QED) is 0.825. The number of hydrogen-bond acceptors (Lipinski definition) is 4. The standard InChI is InChI=1S/C19H26N4O3/c1-3-4-10-22(2)19(25)17-21-16(15-9-5-6-11-23(15)17)18(24)20-13-14-8-7-12-26-14/h7-8,12H,3-6,9-11,13H2,1-2H3,(H,20,24). The van der Waals surface area contributed by atoms with Gasteiger partial charge in [0.2, 0.25) is 0 Å². The number of unbranched alkanes of at least 4 members (excludes halogenated alkanes) is 1. The van der Waals surface area contributed by atoms with Crippen LogP contribution in [0.3, 0.4) is 0 Å². The van der Waals surface area contributed by atoms with Gasteiger partial charge in [-0.05, 0) is 37.8 Å². The third kappa shape index (κ3) is 3.81. The predicted octanol–water partition coefficient (Wildman–Crippen LogP) is 2.61. The van der Waals surface area contributed by atoms with Crippen LogP contribution in [-0.4, -0.2) is 39.9 Å². The average Bonchev–Trinajstić information content (AvgIpc) is 3.31. The summed E-state index contributed by atoms with van der Waals surface area (Å²) in [6.07, 6.45) is 6.31. The molecular formula is C19H26N4O3. The Hall–Kier alpha value is -2.57. The van der Waals surface area contributed by atoms with E-state index in [2.05, 4.69) is 17.2 Å². The molecule has 0 saturated heterocycles. The molecular weight excluding hydrogens is 332 g/mol. The van der Waals surface area contributed by atoms with Gasteiger partial charge in [-0.25, -0.2) is 4.98 Å². The first-order valence-corrected chi connectivity index (χ1v) is 9.27. The number of carbonyl (C=O) groups is 2. The number of amides is 2. The van der Waals surface area contributed by atoms with Crippen LogP contribution in [0.2, 0.25) is 0 Å². The zero-order chi connectivity index (χ0) is 18.5. The summed E-state index contributed by atoms with van der Waals surface area (Å²) in [7, 11) is 1.79. The molecule has 7 heteroatoms. The van der Waals surface area contributed by atoms with Crippen molar-refractivity contribution in [3.05, 3.63) is 41.4 Å². The molecule has 1 N–H and O–H groups in total. The van der Waals surface area contributed by atoms with Crippen molar-refractivity contribution >= 4 is 11.8 Å². The molecule has 0 bridgehead atoms. The van der Waals surface area contributed by atoms with Crippen LogP contribution in [0.1, 0.15) is 65.2 Å². The van der Waals surface area contributed by atoms with Gasteiger partial charge in [0.1, 0.15) is 11.5 Å². The molecule has 0 fully saturated rings. The van der Waals surface area contributed by atoms with E-state index in [0.717, 1.165) is 44.3 Å². The second-order valence-electron chi connectivity index (χ2n) is 6.68. The number of imidazole rings is 1. The van der Waals surface area contributed by atoms with E-state index in [9.17, 15) is 9.59 Å². The van der Waals surface area contributed by atoms with Gasteiger partial charge in [-0.1, -0.05) is 13.3 Å². The summed E-state index contributed by atoms with van der Waals surface area (Å²) in [5.74, 6) is 0.678. The summed E-state index contributed by atoms with van der Waals surface area (Å²) < 4.78 is 7.17. The van der Waals surface area contributed by atoms with Gasteiger partial charge in [0.15, 0.2) is 5.82 Å². The fourth-order valence-corrected chi connectivity index (χ4v) is 3.22.